The van der Waals surface area contributed by atoms with Crippen molar-refractivity contribution in [3.05, 3.63) is 28.8 Å². The van der Waals surface area contributed by atoms with Gasteiger partial charge >= 0.3 is 5.97 Å². The van der Waals surface area contributed by atoms with E-state index >= 15 is 0 Å². The standard InChI is InChI=1S/C14H17NO3/c1-8-6-11-9(2)4-5-15(10(3)16)13(11)12(7-8)14(17)18/h6-7,9H,4-5H2,1-3H3,(H,17,18). The first-order valence-electron chi connectivity index (χ1n) is 6.07. The Morgan fingerprint density at radius 1 is 1.39 bits per heavy atom. The molecule has 1 aliphatic heterocycles. The highest BCUT2D eigenvalue weighted by Gasteiger charge is 2.29. The van der Waals surface area contributed by atoms with Gasteiger partial charge in [0.1, 0.15) is 0 Å². The molecule has 1 amide bonds. The molecule has 0 saturated heterocycles. The highest BCUT2D eigenvalue weighted by Crippen LogP contribution is 2.38. The Morgan fingerprint density at radius 3 is 2.61 bits per heavy atom. The third-order valence-electron chi connectivity index (χ3n) is 3.48. The van der Waals surface area contributed by atoms with Crippen LogP contribution in [0.2, 0.25) is 0 Å². The maximum absolute atomic E-state index is 11.7. The van der Waals surface area contributed by atoms with E-state index in [0.29, 0.717) is 12.2 Å². The van der Waals surface area contributed by atoms with Gasteiger partial charge in [-0.3, -0.25) is 4.79 Å². The summed E-state index contributed by atoms with van der Waals surface area (Å²) in [5.74, 6) is -0.793. The number of rotatable bonds is 1. The molecule has 1 heterocycles. The first kappa shape index (κ1) is 12.6. The quantitative estimate of drug-likeness (QED) is 0.829. The van der Waals surface area contributed by atoms with Crippen LogP contribution in [0.4, 0.5) is 5.69 Å². The number of carboxylic acids is 1. The molecule has 1 N–H and O–H groups in total. The molecule has 1 atom stereocenters. The molecule has 0 radical (unpaired) electrons. The first-order chi connectivity index (χ1) is 8.41. The summed E-state index contributed by atoms with van der Waals surface area (Å²) in [5, 5.41) is 9.31. The topological polar surface area (TPSA) is 57.6 Å². The zero-order chi connectivity index (χ0) is 13.4. The average Bonchev–Trinajstić information content (AvgIpc) is 2.28. The molecule has 0 aliphatic carbocycles. The van der Waals surface area contributed by atoms with E-state index in [-0.39, 0.29) is 17.4 Å². The van der Waals surface area contributed by atoms with Crippen molar-refractivity contribution in [1.82, 2.24) is 0 Å². The van der Waals surface area contributed by atoms with Gasteiger partial charge in [0, 0.05) is 13.5 Å². The lowest BCUT2D eigenvalue weighted by Gasteiger charge is -2.33. The summed E-state index contributed by atoms with van der Waals surface area (Å²) in [5.41, 5.74) is 2.70. The Labute approximate surface area is 106 Å². The van der Waals surface area contributed by atoms with Gasteiger partial charge in [0.15, 0.2) is 0 Å². The van der Waals surface area contributed by atoms with Crippen LogP contribution in [0.25, 0.3) is 0 Å². The highest BCUT2D eigenvalue weighted by molar-refractivity contribution is 6.03. The molecule has 4 heteroatoms. The minimum atomic E-state index is -0.977. The van der Waals surface area contributed by atoms with Crippen LogP contribution in [0.5, 0.6) is 0 Å². The van der Waals surface area contributed by atoms with Crippen LogP contribution >= 0.6 is 0 Å². The van der Waals surface area contributed by atoms with Crippen LogP contribution in [0.15, 0.2) is 12.1 Å². The summed E-state index contributed by atoms with van der Waals surface area (Å²) in [4.78, 5) is 24.6. The largest absolute Gasteiger partial charge is 0.478 e. The summed E-state index contributed by atoms with van der Waals surface area (Å²) in [6, 6.07) is 3.62. The van der Waals surface area contributed by atoms with Crippen molar-refractivity contribution in [3.8, 4) is 0 Å². The number of aryl methyl sites for hydroxylation is 1. The molecule has 2 rings (SSSR count). The second kappa shape index (κ2) is 4.44. The zero-order valence-electron chi connectivity index (χ0n) is 10.9. The minimum absolute atomic E-state index is 0.102. The van der Waals surface area contributed by atoms with Gasteiger partial charge in [-0.15, -0.1) is 0 Å². The fraction of sp³-hybridized carbons (Fsp3) is 0.429. The van der Waals surface area contributed by atoms with E-state index in [1.54, 1.807) is 11.0 Å². The molecular weight excluding hydrogens is 230 g/mol. The Hall–Kier alpha value is -1.84. The van der Waals surface area contributed by atoms with Gasteiger partial charge in [-0.05, 0) is 36.5 Å². The second-order valence-corrected chi connectivity index (χ2v) is 4.92. The molecule has 18 heavy (non-hydrogen) atoms. The van der Waals surface area contributed by atoms with Gasteiger partial charge in [-0.2, -0.15) is 0 Å². The van der Waals surface area contributed by atoms with Crippen LogP contribution in [0.1, 0.15) is 47.7 Å². The molecule has 1 unspecified atom stereocenters. The van der Waals surface area contributed by atoms with Crippen molar-refractivity contribution in [2.75, 3.05) is 11.4 Å². The minimum Gasteiger partial charge on any atom is -0.478 e. The lowest BCUT2D eigenvalue weighted by molar-refractivity contribution is -0.116. The number of aromatic carboxylic acids is 1. The van der Waals surface area contributed by atoms with Gasteiger partial charge in [0.05, 0.1) is 11.3 Å². The van der Waals surface area contributed by atoms with Crippen molar-refractivity contribution in [1.29, 1.82) is 0 Å². The molecule has 4 nitrogen and oxygen atoms in total. The van der Waals surface area contributed by atoms with Gasteiger partial charge in [-0.25, -0.2) is 4.79 Å². The van der Waals surface area contributed by atoms with Crippen LogP contribution < -0.4 is 4.90 Å². The maximum Gasteiger partial charge on any atom is 0.337 e. The number of anilines is 1. The Kier molecular flexibility index (Phi) is 3.11. The number of fused-ring (bicyclic) bond motifs is 1. The second-order valence-electron chi connectivity index (χ2n) is 4.92. The van der Waals surface area contributed by atoms with Crippen molar-refractivity contribution < 1.29 is 14.7 Å². The number of carbonyl (C=O) groups is 2. The monoisotopic (exact) mass is 247 g/mol. The van der Waals surface area contributed by atoms with E-state index in [1.807, 2.05) is 13.0 Å². The highest BCUT2D eigenvalue weighted by atomic mass is 16.4. The fourth-order valence-electron chi connectivity index (χ4n) is 2.55. The van der Waals surface area contributed by atoms with Crippen molar-refractivity contribution >= 4 is 17.6 Å². The summed E-state index contributed by atoms with van der Waals surface area (Å²) in [7, 11) is 0. The normalized spacial score (nSPS) is 18.4. The summed E-state index contributed by atoms with van der Waals surface area (Å²) >= 11 is 0. The van der Waals surface area contributed by atoms with Gasteiger partial charge in [0.2, 0.25) is 5.91 Å². The zero-order valence-corrected chi connectivity index (χ0v) is 10.9. The third kappa shape index (κ3) is 1.98. The molecule has 0 bridgehead atoms. The van der Waals surface area contributed by atoms with Crippen LogP contribution in [-0.2, 0) is 4.79 Å². The number of carbonyl (C=O) groups excluding carboxylic acids is 1. The summed E-state index contributed by atoms with van der Waals surface area (Å²) < 4.78 is 0. The average molecular weight is 247 g/mol. The van der Waals surface area contributed by atoms with Gasteiger partial charge < -0.3 is 10.0 Å². The van der Waals surface area contributed by atoms with Gasteiger partial charge in [0.25, 0.3) is 0 Å². The van der Waals surface area contributed by atoms with E-state index in [2.05, 4.69) is 6.92 Å². The number of amides is 1. The third-order valence-corrected chi connectivity index (χ3v) is 3.48. The van der Waals surface area contributed by atoms with Crippen LogP contribution in [0.3, 0.4) is 0 Å². The number of benzene rings is 1. The smallest absolute Gasteiger partial charge is 0.337 e. The number of carboxylic acid groups (broad SMARTS) is 1. The maximum atomic E-state index is 11.7. The van der Waals surface area contributed by atoms with Crippen LogP contribution in [-0.4, -0.2) is 23.5 Å². The van der Waals surface area contributed by atoms with E-state index < -0.39 is 5.97 Å². The fourth-order valence-corrected chi connectivity index (χ4v) is 2.55. The molecular formula is C14H17NO3. The van der Waals surface area contributed by atoms with Crippen molar-refractivity contribution in [3.63, 3.8) is 0 Å². The van der Waals surface area contributed by atoms with E-state index in [1.165, 1.54) is 6.92 Å². The summed E-state index contributed by atoms with van der Waals surface area (Å²) in [6.07, 6.45) is 0.870. The number of hydrogen-bond acceptors (Lipinski definition) is 2. The first-order valence-corrected chi connectivity index (χ1v) is 6.07. The van der Waals surface area contributed by atoms with Crippen molar-refractivity contribution in [2.45, 2.75) is 33.1 Å². The molecule has 1 aromatic rings. The van der Waals surface area contributed by atoms with Crippen molar-refractivity contribution in [2.24, 2.45) is 0 Å². The predicted octanol–water partition coefficient (Wildman–Crippen LogP) is 2.55. The molecule has 0 spiro atoms. The Morgan fingerprint density at radius 2 is 2.06 bits per heavy atom. The van der Waals surface area contributed by atoms with Crippen LogP contribution in [0, 0.1) is 6.92 Å². The predicted molar refractivity (Wildman–Crippen MR) is 69.2 cm³/mol. The molecule has 96 valence electrons. The molecule has 0 fully saturated rings. The SMILES string of the molecule is CC(=O)N1CCC(C)c2cc(C)cc(C(=O)O)c21. The Balaban J connectivity index is 2.71. The molecule has 0 aromatic heterocycles. The lowest BCUT2D eigenvalue weighted by atomic mass is 9.87. The van der Waals surface area contributed by atoms with Gasteiger partial charge in [-0.1, -0.05) is 13.0 Å². The molecule has 1 aromatic carbocycles. The summed E-state index contributed by atoms with van der Waals surface area (Å²) in [6.45, 7) is 6.02. The number of nitrogens with zero attached hydrogens (tertiary/aromatic N) is 1. The van der Waals surface area contributed by atoms with E-state index in [4.69, 9.17) is 0 Å². The molecule has 1 aliphatic rings. The Bertz CT molecular complexity index is 522. The lowest BCUT2D eigenvalue weighted by Crippen LogP contribution is -2.36. The number of hydrogen-bond donors (Lipinski definition) is 1. The van der Waals surface area contributed by atoms with E-state index in [0.717, 1.165) is 17.5 Å². The van der Waals surface area contributed by atoms with E-state index in [9.17, 15) is 14.7 Å². The molecule has 0 saturated carbocycles.